The molecule has 6 heteroatoms. The van der Waals surface area contributed by atoms with Gasteiger partial charge < -0.3 is 4.90 Å². The number of carbonyl (C=O) groups excluding carboxylic acids is 1. The van der Waals surface area contributed by atoms with Crippen molar-refractivity contribution < 1.29 is 9.72 Å². The van der Waals surface area contributed by atoms with Crippen LogP contribution < -0.4 is 4.90 Å². The van der Waals surface area contributed by atoms with Crippen molar-refractivity contribution in [2.24, 2.45) is 0 Å². The highest BCUT2D eigenvalue weighted by molar-refractivity contribution is 5.86. The van der Waals surface area contributed by atoms with Crippen LogP contribution >= 0.6 is 0 Å². The van der Waals surface area contributed by atoms with Crippen LogP contribution in [-0.2, 0) is 0 Å². The van der Waals surface area contributed by atoms with Crippen LogP contribution in [-0.4, -0.2) is 24.3 Å². The average molecular weight is 247 g/mol. The van der Waals surface area contributed by atoms with Gasteiger partial charge in [0.15, 0.2) is 6.29 Å². The lowest BCUT2D eigenvalue weighted by Crippen LogP contribution is -2.24. The van der Waals surface area contributed by atoms with E-state index in [0.29, 0.717) is 31.5 Å². The van der Waals surface area contributed by atoms with Gasteiger partial charge in [-0.2, -0.15) is 5.26 Å². The quantitative estimate of drug-likeness (QED) is 0.436. The Hall–Kier alpha value is -2.42. The molecular formula is C12H13N3O3. The Morgan fingerprint density at radius 3 is 2.78 bits per heavy atom. The number of benzene rings is 1. The van der Waals surface area contributed by atoms with Gasteiger partial charge in [0.1, 0.15) is 0 Å². The molecule has 0 N–H and O–H groups in total. The summed E-state index contributed by atoms with van der Waals surface area (Å²) >= 11 is 0. The molecule has 0 bridgehead atoms. The largest absolute Gasteiger partial charge is 0.370 e. The van der Waals surface area contributed by atoms with E-state index in [9.17, 15) is 14.9 Å². The SMILES string of the molecule is CCN(CCC#N)c1ccc([N+](=O)[O-])cc1C=O. The smallest absolute Gasteiger partial charge is 0.270 e. The Morgan fingerprint density at radius 2 is 2.28 bits per heavy atom. The molecule has 0 unspecified atom stereocenters. The van der Waals surface area contributed by atoms with E-state index in [4.69, 9.17) is 5.26 Å². The molecule has 0 aliphatic carbocycles. The fourth-order valence-corrected chi connectivity index (χ4v) is 1.67. The van der Waals surface area contributed by atoms with Gasteiger partial charge in [0.05, 0.1) is 17.4 Å². The highest BCUT2D eigenvalue weighted by Crippen LogP contribution is 2.24. The second-order valence-electron chi connectivity index (χ2n) is 3.61. The number of nitrogens with zero attached hydrogens (tertiary/aromatic N) is 3. The molecule has 0 heterocycles. The molecule has 0 atom stereocenters. The van der Waals surface area contributed by atoms with Crippen molar-refractivity contribution in [3.63, 3.8) is 0 Å². The van der Waals surface area contributed by atoms with Crippen molar-refractivity contribution in [3.05, 3.63) is 33.9 Å². The molecule has 0 fully saturated rings. The molecule has 6 nitrogen and oxygen atoms in total. The van der Waals surface area contributed by atoms with Crippen LogP contribution in [0, 0.1) is 21.4 Å². The molecule has 94 valence electrons. The lowest BCUT2D eigenvalue weighted by Gasteiger charge is -2.23. The number of nitriles is 1. The predicted molar refractivity (Wildman–Crippen MR) is 66.6 cm³/mol. The Morgan fingerprint density at radius 1 is 1.56 bits per heavy atom. The summed E-state index contributed by atoms with van der Waals surface area (Å²) in [7, 11) is 0. The Bertz CT molecular complexity index is 494. The third-order valence-electron chi connectivity index (χ3n) is 2.56. The molecule has 1 rings (SSSR count). The third kappa shape index (κ3) is 3.04. The monoisotopic (exact) mass is 247 g/mol. The van der Waals surface area contributed by atoms with E-state index in [1.54, 1.807) is 6.07 Å². The van der Waals surface area contributed by atoms with Gasteiger partial charge in [0.25, 0.3) is 5.69 Å². The zero-order valence-electron chi connectivity index (χ0n) is 10.00. The molecule has 0 saturated carbocycles. The van der Waals surface area contributed by atoms with E-state index in [-0.39, 0.29) is 11.3 Å². The number of aldehydes is 1. The van der Waals surface area contributed by atoms with E-state index >= 15 is 0 Å². The maximum atomic E-state index is 11.0. The number of hydrogen-bond donors (Lipinski definition) is 0. The highest BCUT2D eigenvalue weighted by Gasteiger charge is 2.14. The minimum Gasteiger partial charge on any atom is -0.370 e. The van der Waals surface area contributed by atoms with Gasteiger partial charge in [0.2, 0.25) is 0 Å². The summed E-state index contributed by atoms with van der Waals surface area (Å²) in [6.45, 7) is 3.01. The van der Waals surface area contributed by atoms with Crippen molar-refractivity contribution in [2.45, 2.75) is 13.3 Å². The minimum absolute atomic E-state index is 0.114. The predicted octanol–water partition coefficient (Wildman–Crippen LogP) is 2.15. The molecule has 0 saturated heterocycles. The number of hydrogen-bond acceptors (Lipinski definition) is 5. The van der Waals surface area contributed by atoms with Gasteiger partial charge in [-0.25, -0.2) is 0 Å². The van der Waals surface area contributed by atoms with E-state index in [1.165, 1.54) is 12.1 Å². The highest BCUT2D eigenvalue weighted by atomic mass is 16.6. The fraction of sp³-hybridized carbons (Fsp3) is 0.333. The molecule has 1 aromatic rings. The first-order chi connectivity index (χ1) is 8.63. The maximum absolute atomic E-state index is 11.0. The summed E-state index contributed by atoms with van der Waals surface area (Å²) < 4.78 is 0. The van der Waals surface area contributed by atoms with Crippen molar-refractivity contribution >= 4 is 17.7 Å². The Kier molecular flexibility index (Phi) is 4.81. The molecule has 0 aliphatic heterocycles. The van der Waals surface area contributed by atoms with Crippen LogP contribution in [0.3, 0.4) is 0 Å². The second-order valence-corrected chi connectivity index (χ2v) is 3.61. The van der Waals surface area contributed by atoms with Crippen LogP contribution in [0.2, 0.25) is 0 Å². The number of non-ortho nitro benzene ring substituents is 1. The summed E-state index contributed by atoms with van der Waals surface area (Å²) in [5, 5.41) is 19.2. The van der Waals surface area contributed by atoms with Crippen LogP contribution in [0.4, 0.5) is 11.4 Å². The van der Waals surface area contributed by atoms with E-state index in [1.807, 2.05) is 17.9 Å². The van der Waals surface area contributed by atoms with Gasteiger partial charge in [-0.05, 0) is 13.0 Å². The van der Waals surface area contributed by atoms with Crippen LogP contribution in [0.1, 0.15) is 23.7 Å². The number of nitro benzene ring substituents is 1. The molecule has 18 heavy (non-hydrogen) atoms. The van der Waals surface area contributed by atoms with Crippen molar-refractivity contribution in [2.75, 3.05) is 18.0 Å². The number of carbonyl (C=O) groups is 1. The van der Waals surface area contributed by atoms with Gasteiger partial charge >= 0.3 is 0 Å². The standard InChI is InChI=1S/C12H13N3O3/c1-2-14(7-3-6-13)12-5-4-11(15(17)18)8-10(12)9-16/h4-5,8-9H,2-3,7H2,1H3. The topological polar surface area (TPSA) is 87.2 Å². The number of rotatable bonds is 6. The Balaban J connectivity index is 3.11. The van der Waals surface area contributed by atoms with E-state index in [2.05, 4.69) is 0 Å². The summed E-state index contributed by atoms with van der Waals surface area (Å²) in [5.74, 6) is 0. The van der Waals surface area contributed by atoms with Crippen molar-refractivity contribution in [1.29, 1.82) is 5.26 Å². The van der Waals surface area contributed by atoms with E-state index < -0.39 is 4.92 Å². The van der Waals surface area contributed by atoms with Crippen molar-refractivity contribution in [3.8, 4) is 6.07 Å². The molecule has 0 aliphatic rings. The normalized spacial score (nSPS) is 9.56. The first-order valence-corrected chi connectivity index (χ1v) is 5.49. The average Bonchev–Trinajstić information content (AvgIpc) is 2.39. The minimum atomic E-state index is -0.539. The molecule has 0 amide bonds. The van der Waals surface area contributed by atoms with Gasteiger partial charge in [0, 0.05) is 36.5 Å². The first kappa shape index (κ1) is 13.6. The molecule has 0 radical (unpaired) electrons. The number of anilines is 1. The van der Waals surface area contributed by atoms with Crippen molar-refractivity contribution in [1.82, 2.24) is 0 Å². The fourth-order valence-electron chi connectivity index (χ4n) is 1.67. The summed E-state index contributed by atoms with van der Waals surface area (Å²) in [6.07, 6.45) is 0.931. The van der Waals surface area contributed by atoms with E-state index in [0.717, 1.165) is 0 Å². The third-order valence-corrected chi connectivity index (χ3v) is 2.56. The summed E-state index contributed by atoms with van der Waals surface area (Å²) in [4.78, 5) is 22.9. The number of nitro groups is 1. The van der Waals surface area contributed by atoms with Gasteiger partial charge in [-0.1, -0.05) is 0 Å². The van der Waals surface area contributed by atoms with Crippen LogP contribution in [0.15, 0.2) is 18.2 Å². The van der Waals surface area contributed by atoms with Crippen LogP contribution in [0.25, 0.3) is 0 Å². The molecular weight excluding hydrogens is 234 g/mol. The zero-order valence-corrected chi connectivity index (χ0v) is 10.00. The Labute approximate surface area is 105 Å². The molecule has 0 aromatic heterocycles. The van der Waals surface area contributed by atoms with Crippen LogP contribution in [0.5, 0.6) is 0 Å². The lowest BCUT2D eigenvalue weighted by molar-refractivity contribution is -0.384. The summed E-state index contributed by atoms with van der Waals surface area (Å²) in [5.41, 5.74) is 0.773. The zero-order chi connectivity index (χ0) is 13.5. The second kappa shape index (κ2) is 6.35. The van der Waals surface area contributed by atoms with Gasteiger partial charge in [-0.15, -0.1) is 0 Å². The van der Waals surface area contributed by atoms with Gasteiger partial charge in [-0.3, -0.25) is 14.9 Å². The molecule has 0 spiro atoms. The summed E-state index contributed by atoms with van der Waals surface area (Å²) in [6, 6.07) is 6.18. The first-order valence-electron chi connectivity index (χ1n) is 5.49. The maximum Gasteiger partial charge on any atom is 0.270 e. The lowest BCUT2D eigenvalue weighted by atomic mass is 10.1. The molecule has 1 aromatic carbocycles.